The van der Waals surface area contributed by atoms with Crippen molar-refractivity contribution in [3.8, 4) is 0 Å². The number of benzene rings is 1. The number of nitro benzene ring substituents is 1. The first kappa shape index (κ1) is 14.6. The molecule has 0 aliphatic rings. The van der Waals surface area contributed by atoms with E-state index < -0.39 is 4.92 Å². The van der Waals surface area contributed by atoms with Crippen LogP contribution < -0.4 is 5.32 Å². The van der Waals surface area contributed by atoms with Crippen LogP contribution in [-0.4, -0.2) is 15.8 Å². The third-order valence-corrected chi connectivity index (χ3v) is 3.05. The quantitative estimate of drug-likeness (QED) is 0.675. The normalized spacial score (nSPS) is 11.7. The van der Waals surface area contributed by atoms with Gasteiger partial charge in [0, 0.05) is 24.5 Å². The van der Waals surface area contributed by atoms with Gasteiger partial charge in [0.2, 0.25) is 5.91 Å². The van der Waals surface area contributed by atoms with Crippen molar-refractivity contribution in [2.75, 3.05) is 0 Å². The fourth-order valence-corrected chi connectivity index (χ4v) is 1.97. The Kier molecular flexibility index (Phi) is 4.61. The fourth-order valence-electron chi connectivity index (χ4n) is 1.97. The van der Waals surface area contributed by atoms with Crippen LogP contribution in [0.3, 0.4) is 0 Å². The summed E-state index contributed by atoms with van der Waals surface area (Å²) in [5.74, 6) is -0.188. The molecule has 1 heterocycles. The summed E-state index contributed by atoms with van der Waals surface area (Å²) >= 11 is 0. The zero-order valence-electron chi connectivity index (χ0n) is 11.5. The number of pyridine rings is 1. The maximum Gasteiger partial charge on any atom is 0.269 e. The van der Waals surface area contributed by atoms with E-state index in [4.69, 9.17) is 0 Å². The molecule has 0 aliphatic carbocycles. The molecule has 108 valence electrons. The molecule has 1 aromatic heterocycles. The van der Waals surface area contributed by atoms with Gasteiger partial charge in [-0.2, -0.15) is 0 Å². The van der Waals surface area contributed by atoms with Crippen molar-refractivity contribution < 1.29 is 9.72 Å². The van der Waals surface area contributed by atoms with Crippen molar-refractivity contribution in [1.82, 2.24) is 10.3 Å². The molecule has 21 heavy (non-hydrogen) atoms. The number of non-ortho nitro benzene ring substituents is 1. The molecule has 1 aromatic carbocycles. The van der Waals surface area contributed by atoms with E-state index in [2.05, 4.69) is 10.3 Å². The second kappa shape index (κ2) is 6.60. The van der Waals surface area contributed by atoms with Crippen LogP contribution in [0.2, 0.25) is 0 Å². The first-order valence-electron chi connectivity index (χ1n) is 6.49. The molecule has 6 heteroatoms. The molecule has 0 unspecified atom stereocenters. The van der Waals surface area contributed by atoms with Gasteiger partial charge in [-0.3, -0.25) is 19.9 Å². The van der Waals surface area contributed by atoms with Gasteiger partial charge in [-0.05, 0) is 24.1 Å². The van der Waals surface area contributed by atoms with Crippen molar-refractivity contribution in [3.05, 3.63) is 70.0 Å². The first-order chi connectivity index (χ1) is 10.1. The minimum atomic E-state index is -0.473. The Morgan fingerprint density at radius 2 is 2.19 bits per heavy atom. The topological polar surface area (TPSA) is 85.1 Å². The molecular weight excluding hydrogens is 270 g/mol. The van der Waals surface area contributed by atoms with E-state index in [1.807, 2.05) is 13.0 Å². The summed E-state index contributed by atoms with van der Waals surface area (Å²) in [6.07, 6.45) is 3.46. The number of aromatic nitrogens is 1. The summed E-state index contributed by atoms with van der Waals surface area (Å²) < 4.78 is 0. The van der Waals surface area contributed by atoms with E-state index >= 15 is 0 Å². The highest BCUT2D eigenvalue weighted by Gasteiger charge is 2.12. The van der Waals surface area contributed by atoms with Gasteiger partial charge in [-0.25, -0.2) is 0 Å². The molecular formula is C15H15N3O3. The van der Waals surface area contributed by atoms with Crippen LogP contribution in [-0.2, 0) is 11.2 Å². The number of hydrogen-bond donors (Lipinski definition) is 1. The molecule has 0 aliphatic heterocycles. The molecule has 6 nitrogen and oxygen atoms in total. The van der Waals surface area contributed by atoms with Gasteiger partial charge >= 0.3 is 0 Å². The van der Waals surface area contributed by atoms with Crippen LogP contribution >= 0.6 is 0 Å². The zero-order chi connectivity index (χ0) is 15.2. The average Bonchev–Trinajstić information content (AvgIpc) is 2.48. The monoisotopic (exact) mass is 285 g/mol. The smallest absolute Gasteiger partial charge is 0.269 e. The summed E-state index contributed by atoms with van der Waals surface area (Å²) in [4.78, 5) is 26.2. The lowest BCUT2D eigenvalue weighted by Crippen LogP contribution is -2.28. The van der Waals surface area contributed by atoms with Crippen molar-refractivity contribution >= 4 is 11.6 Å². The van der Waals surface area contributed by atoms with Crippen LogP contribution in [0.4, 0.5) is 5.69 Å². The standard InChI is InChI=1S/C15H15N3O3/c1-11(13-5-3-7-16-10-13)17-15(19)9-12-4-2-6-14(8-12)18(20)21/h2-8,10-11H,9H2,1H3,(H,17,19)/t11-/m0/s1. The van der Waals surface area contributed by atoms with Crippen molar-refractivity contribution in [3.63, 3.8) is 0 Å². The Hall–Kier alpha value is -2.76. The number of nitrogens with zero attached hydrogens (tertiary/aromatic N) is 2. The highest BCUT2D eigenvalue weighted by molar-refractivity contribution is 5.79. The van der Waals surface area contributed by atoms with E-state index in [1.165, 1.54) is 12.1 Å². The Bertz CT molecular complexity index is 644. The minimum Gasteiger partial charge on any atom is -0.349 e. The van der Waals surface area contributed by atoms with Gasteiger partial charge in [0.1, 0.15) is 0 Å². The van der Waals surface area contributed by atoms with E-state index in [-0.39, 0.29) is 24.1 Å². The lowest BCUT2D eigenvalue weighted by molar-refractivity contribution is -0.384. The highest BCUT2D eigenvalue weighted by atomic mass is 16.6. The maximum atomic E-state index is 12.0. The first-order valence-corrected chi connectivity index (χ1v) is 6.49. The molecule has 0 saturated heterocycles. The van der Waals surface area contributed by atoms with E-state index in [1.54, 1.807) is 30.6 Å². The molecule has 2 rings (SSSR count). The molecule has 0 saturated carbocycles. The minimum absolute atomic E-state index is 0.0133. The summed E-state index contributed by atoms with van der Waals surface area (Å²) in [5.41, 5.74) is 1.51. The largest absolute Gasteiger partial charge is 0.349 e. The average molecular weight is 285 g/mol. The number of rotatable bonds is 5. The van der Waals surface area contributed by atoms with Gasteiger partial charge in [-0.1, -0.05) is 18.2 Å². The van der Waals surface area contributed by atoms with Crippen LogP contribution in [0.1, 0.15) is 24.1 Å². The molecule has 0 bridgehead atoms. The Morgan fingerprint density at radius 1 is 1.38 bits per heavy atom. The SMILES string of the molecule is C[C@H](NC(=O)Cc1cccc([N+](=O)[O-])c1)c1cccnc1. The number of carbonyl (C=O) groups excluding carboxylic acids is 1. The maximum absolute atomic E-state index is 12.0. The van der Waals surface area contributed by atoms with Gasteiger partial charge in [0.05, 0.1) is 17.4 Å². The molecule has 1 N–H and O–H groups in total. The van der Waals surface area contributed by atoms with Gasteiger partial charge in [0.25, 0.3) is 5.69 Å². The predicted octanol–water partition coefficient (Wildman–Crippen LogP) is 2.41. The van der Waals surface area contributed by atoms with Crippen molar-refractivity contribution in [2.24, 2.45) is 0 Å². The number of nitro groups is 1. The number of carbonyl (C=O) groups is 1. The second-order valence-corrected chi connectivity index (χ2v) is 4.68. The molecule has 0 spiro atoms. The number of nitrogens with one attached hydrogen (secondary N) is 1. The Balaban J connectivity index is 1.99. The van der Waals surface area contributed by atoms with E-state index in [9.17, 15) is 14.9 Å². The highest BCUT2D eigenvalue weighted by Crippen LogP contribution is 2.14. The molecule has 0 radical (unpaired) electrons. The Morgan fingerprint density at radius 3 is 2.86 bits per heavy atom. The second-order valence-electron chi connectivity index (χ2n) is 4.68. The van der Waals surface area contributed by atoms with Crippen molar-refractivity contribution in [1.29, 1.82) is 0 Å². The molecule has 1 atom stereocenters. The summed E-state index contributed by atoms with van der Waals surface area (Å²) in [6.45, 7) is 1.86. The molecule has 1 amide bonds. The summed E-state index contributed by atoms with van der Waals surface area (Å²) in [7, 11) is 0. The van der Waals surface area contributed by atoms with Crippen LogP contribution in [0.25, 0.3) is 0 Å². The zero-order valence-corrected chi connectivity index (χ0v) is 11.5. The lowest BCUT2D eigenvalue weighted by Gasteiger charge is -2.13. The van der Waals surface area contributed by atoms with Crippen molar-refractivity contribution in [2.45, 2.75) is 19.4 Å². The van der Waals surface area contributed by atoms with Crippen LogP contribution in [0, 0.1) is 10.1 Å². The molecule has 0 fully saturated rings. The van der Waals surface area contributed by atoms with Gasteiger partial charge in [-0.15, -0.1) is 0 Å². The third kappa shape index (κ3) is 4.10. The summed E-state index contributed by atoms with van der Waals surface area (Å²) in [5, 5.41) is 13.5. The third-order valence-electron chi connectivity index (χ3n) is 3.05. The fraction of sp³-hybridized carbons (Fsp3) is 0.200. The lowest BCUT2D eigenvalue weighted by atomic mass is 10.1. The van der Waals surface area contributed by atoms with Gasteiger partial charge < -0.3 is 5.32 Å². The van der Waals surface area contributed by atoms with Crippen LogP contribution in [0.5, 0.6) is 0 Å². The number of hydrogen-bond acceptors (Lipinski definition) is 4. The Labute approximate surface area is 122 Å². The van der Waals surface area contributed by atoms with Crippen LogP contribution in [0.15, 0.2) is 48.8 Å². The number of amides is 1. The molecule has 2 aromatic rings. The predicted molar refractivity (Wildman–Crippen MR) is 77.6 cm³/mol. The summed E-state index contributed by atoms with van der Waals surface area (Å²) in [6, 6.07) is 9.61. The van der Waals surface area contributed by atoms with Gasteiger partial charge in [0.15, 0.2) is 0 Å². The van der Waals surface area contributed by atoms with E-state index in [0.29, 0.717) is 5.56 Å². The van der Waals surface area contributed by atoms with E-state index in [0.717, 1.165) is 5.56 Å².